The molecular formula is C40H44N2O8. The van der Waals surface area contributed by atoms with E-state index in [0.717, 1.165) is 18.4 Å². The molecule has 0 aliphatic carbocycles. The van der Waals surface area contributed by atoms with Gasteiger partial charge in [-0.2, -0.15) is 0 Å². The first-order valence-corrected chi connectivity index (χ1v) is 16.8. The van der Waals surface area contributed by atoms with Crippen molar-refractivity contribution in [1.29, 1.82) is 0 Å². The van der Waals surface area contributed by atoms with Crippen molar-refractivity contribution in [2.75, 3.05) is 25.6 Å². The molecule has 0 radical (unpaired) electrons. The Hall–Kier alpha value is -5.64. The van der Waals surface area contributed by atoms with Crippen molar-refractivity contribution in [1.82, 2.24) is 4.90 Å². The Morgan fingerprint density at radius 1 is 0.680 bits per heavy atom. The van der Waals surface area contributed by atoms with Crippen molar-refractivity contribution in [3.05, 3.63) is 119 Å². The fourth-order valence-electron chi connectivity index (χ4n) is 5.18. The average Bonchev–Trinajstić information content (AvgIpc) is 3.12. The Kier molecular flexibility index (Phi) is 14.4. The predicted octanol–water partition coefficient (Wildman–Crippen LogP) is 7.56. The number of hydrogen-bond acceptors (Lipinski definition) is 7. The van der Waals surface area contributed by atoms with Crippen molar-refractivity contribution in [3.8, 4) is 17.2 Å². The number of nitrogens with zero attached hydrogens (tertiary/aromatic N) is 1. The molecule has 2 amide bonds. The van der Waals surface area contributed by atoms with Gasteiger partial charge in [0.25, 0.3) is 5.91 Å². The molecule has 0 saturated carbocycles. The molecule has 2 N–H and O–H groups in total. The predicted molar refractivity (Wildman–Crippen MR) is 191 cm³/mol. The first kappa shape index (κ1) is 37.2. The van der Waals surface area contributed by atoms with E-state index in [9.17, 15) is 24.3 Å². The molecule has 0 spiro atoms. The largest absolute Gasteiger partial charge is 0.497 e. The zero-order valence-corrected chi connectivity index (χ0v) is 28.6. The van der Waals surface area contributed by atoms with E-state index in [1.807, 2.05) is 12.1 Å². The molecular weight excluding hydrogens is 636 g/mol. The third-order valence-corrected chi connectivity index (χ3v) is 7.92. The number of amides is 2. The molecule has 262 valence electrons. The monoisotopic (exact) mass is 680 g/mol. The number of hydrogen-bond donors (Lipinski definition) is 2. The number of methoxy groups -OCH3 is 1. The van der Waals surface area contributed by atoms with Crippen molar-refractivity contribution in [2.45, 2.75) is 58.4 Å². The maximum Gasteiger partial charge on any atom is 0.343 e. The SMILES string of the molecule is CCCCCCCCOc1ccc(C(=O)Oc2ccc(CN(CC(=O)O)C(=O)c3ccc(NC(=O)Cc4ccc(OC)cc4)cc3)cc2)cc1. The second kappa shape index (κ2) is 19.4. The highest BCUT2D eigenvalue weighted by Crippen LogP contribution is 2.20. The number of carbonyl (C=O) groups excluding carboxylic acids is 3. The number of esters is 1. The zero-order chi connectivity index (χ0) is 35.7. The zero-order valence-electron chi connectivity index (χ0n) is 28.6. The highest BCUT2D eigenvalue weighted by Gasteiger charge is 2.20. The highest BCUT2D eigenvalue weighted by atomic mass is 16.5. The van der Waals surface area contributed by atoms with E-state index in [2.05, 4.69) is 12.2 Å². The van der Waals surface area contributed by atoms with Gasteiger partial charge < -0.3 is 29.5 Å². The summed E-state index contributed by atoms with van der Waals surface area (Å²) in [6.45, 7) is 2.33. The van der Waals surface area contributed by atoms with E-state index in [-0.39, 0.29) is 24.4 Å². The molecule has 0 saturated heterocycles. The minimum absolute atomic E-state index is 0.0138. The van der Waals surface area contributed by atoms with E-state index >= 15 is 0 Å². The van der Waals surface area contributed by atoms with Gasteiger partial charge in [-0.15, -0.1) is 0 Å². The Bertz CT molecular complexity index is 1690. The summed E-state index contributed by atoms with van der Waals surface area (Å²) in [7, 11) is 1.57. The normalized spacial score (nSPS) is 10.6. The summed E-state index contributed by atoms with van der Waals surface area (Å²) in [5.41, 5.74) is 2.61. The van der Waals surface area contributed by atoms with E-state index < -0.39 is 24.4 Å². The lowest BCUT2D eigenvalue weighted by Gasteiger charge is -2.21. The van der Waals surface area contributed by atoms with Crippen LogP contribution in [0.5, 0.6) is 17.2 Å². The molecule has 0 aliphatic rings. The summed E-state index contributed by atoms with van der Waals surface area (Å²) in [5, 5.41) is 12.3. The van der Waals surface area contributed by atoms with Crippen LogP contribution in [0.1, 0.15) is 77.3 Å². The maximum atomic E-state index is 13.3. The van der Waals surface area contributed by atoms with Gasteiger partial charge in [0.05, 0.1) is 25.7 Å². The van der Waals surface area contributed by atoms with Crippen molar-refractivity contribution in [2.24, 2.45) is 0 Å². The smallest absolute Gasteiger partial charge is 0.343 e. The van der Waals surface area contributed by atoms with Gasteiger partial charge in [0.2, 0.25) is 5.91 Å². The minimum atomic E-state index is -1.16. The van der Waals surface area contributed by atoms with Crippen LogP contribution >= 0.6 is 0 Å². The Morgan fingerprint density at radius 3 is 1.90 bits per heavy atom. The lowest BCUT2D eigenvalue weighted by molar-refractivity contribution is -0.137. The molecule has 0 aliphatic heterocycles. The van der Waals surface area contributed by atoms with Crippen LogP contribution in [0.4, 0.5) is 5.69 Å². The molecule has 4 aromatic carbocycles. The summed E-state index contributed by atoms with van der Waals surface area (Å²) < 4.78 is 16.4. The standard InChI is InChI=1S/C40H44N2O8/c1-3-4-5-6-7-8-25-49-35-23-15-32(16-24-35)40(47)50-36-21-11-30(12-22-36)27-42(28-38(44)45)39(46)31-13-17-33(18-14-31)41-37(43)26-29-9-19-34(48-2)20-10-29/h9-24H,3-8,25-28H2,1-2H3,(H,41,43)(H,44,45). The molecule has 0 heterocycles. The van der Waals surface area contributed by atoms with E-state index in [0.29, 0.717) is 40.7 Å². The van der Waals surface area contributed by atoms with E-state index in [1.54, 1.807) is 79.9 Å². The first-order chi connectivity index (χ1) is 24.2. The molecule has 0 bridgehead atoms. The van der Waals surface area contributed by atoms with Gasteiger partial charge in [0.15, 0.2) is 0 Å². The van der Waals surface area contributed by atoms with Gasteiger partial charge in [-0.05, 0) is 90.3 Å². The fourth-order valence-corrected chi connectivity index (χ4v) is 5.18. The van der Waals surface area contributed by atoms with Crippen molar-refractivity contribution in [3.63, 3.8) is 0 Å². The van der Waals surface area contributed by atoms with Gasteiger partial charge in [-0.25, -0.2) is 4.79 Å². The fraction of sp³-hybridized carbons (Fsp3) is 0.300. The molecule has 0 fully saturated rings. The topological polar surface area (TPSA) is 131 Å². The van der Waals surface area contributed by atoms with Crippen LogP contribution in [-0.4, -0.2) is 54.0 Å². The highest BCUT2D eigenvalue weighted by molar-refractivity contribution is 5.97. The van der Waals surface area contributed by atoms with Crippen LogP contribution < -0.4 is 19.5 Å². The van der Waals surface area contributed by atoms with Crippen LogP contribution in [0.15, 0.2) is 97.1 Å². The molecule has 0 atom stereocenters. The molecule has 0 unspecified atom stereocenters. The van der Waals surface area contributed by atoms with Crippen molar-refractivity contribution < 1.29 is 38.5 Å². The van der Waals surface area contributed by atoms with Crippen LogP contribution in [0, 0.1) is 0 Å². The van der Waals surface area contributed by atoms with Gasteiger partial charge in [0.1, 0.15) is 23.8 Å². The number of carboxylic acids is 1. The Morgan fingerprint density at radius 2 is 1.26 bits per heavy atom. The van der Waals surface area contributed by atoms with Gasteiger partial charge in [-0.1, -0.05) is 63.3 Å². The number of rotatable bonds is 19. The summed E-state index contributed by atoms with van der Waals surface area (Å²) in [5.74, 6) is -0.693. The van der Waals surface area contributed by atoms with Gasteiger partial charge in [-0.3, -0.25) is 14.4 Å². The number of carbonyl (C=O) groups is 4. The van der Waals surface area contributed by atoms with Crippen LogP contribution in [-0.2, 0) is 22.6 Å². The Labute approximate surface area is 293 Å². The van der Waals surface area contributed by atoms with E-state index in [1.165, 1.54) is 42.7 Å². The minimum Gasteiger partial charge on any atom is -0.497 e. The molecule has 10 heteroatoms. The average molecular weight is 681 g/mol. The summed E-state index contributed by atoms with van der Waals surface area (Å²) in [6, 6.07) is 26.8. The Balaban J connectivity index is 1.27. The number of nitrogens with one attached hydrogen (secondary N) is 1. The molecule has 0 aromatic heterocycles. The summed E-state index contributed by atoms with van der Waals surface area (Å²) >= 11 is 0. The maximum absolute atomic E-state index is 13.3. The summed E-state index contributed by atoms with van der Waals surface area (Å²) in [6.07, 6.45) is 7.26. The lowest BCUT2D eigenvalue weighted by Crippen LogP contribution is -2.35. The molecule has 50 heavy (non-hydrogen) atoms. The number of benzene rings is 4. The number of ether oxygens (including phenoxy) is 3. The third kappa shape index (κ3) is 12.1. The van der Waals surface area contributed by atoms with Gasteiger partial charge >= 0.3 is 11.9 Å². The molecule has 4 rings (SSSR count). The second-order valence-electron chi connectivity index (χ2n) is 11.9. The number of anilines is 1. The van der Waals surface area contributed by atoms with Crippen molar-refractivity contribution >= 4 is 29.4 Å². The number of unbranched alkanes of at least 4 members (excludes halogenated alkanes) is 5. The molecule has 10 nitrogen and oxygen atoms in total. The third-order valence-electron chi connectivity index (χ3n) is 7.92. The lowest BCUT2D eigenvalue weighted by atomic mass is 10.1. The van der Waals surface area contributed by atoms with Gasteiger partial charge in [0, 0.05) is 17.8 Å². The second-order valence-corrected chi connectivity index (χ2v) is 11.9. The first-order valence-electron chi connectivity index (χ1n) is 16.8. The van der Waals surface area contributed by atoms with E-state index in [4.69, 9.17) is 14.2 Å². The quantitative estimate of drug-likeness (QED) is 0.0589. The molecule has 4 aromatic rings. The number of aliphatic carboxylic acids is 1. The summed E-state index contributed by atoms with van der Waals surface area (Å²) in [4.78, 5) is 51.4. The van der Waals surface area contributed by atoms with Crippen LogP contribution in [0.2, 0.25) is 0 Å². The number of carboxylic acid groups (broad SMARTS) is 1. The van der Waals surface area contributed by atoms with Crippen LogP contribution in [0.25, 0.3) is 0 Å². The van der Waals surface area contributed by atoms with Crippen LogP contribution in [0.3, 0.4) is 0 Å².